The van der Waals surface area contributed by atoms with Gasteiger partial charge in [0.15, 0.2) is 11.8 Å². The first-order chi connectivity index (χ1) is 14.3. The molecule has 0 aliphatic rings. The molecule has 0 bridgehead atoms. The van der Waals surface area contributed by atoms with Gasteiger partial charge in [-0.25, -0.2) is 9.89 Å². The summed E-state index contributed by atoms with van der Waals surface area (Å²) in [6.07, 6.45) is -1.27. The zero-order valence-corrected chi connectivity index (χ0v) is 15.9. The average molecular weight is 412 g/mol. The smallest absolute Gasteiger partial charge is 0.360 e. The Morgan fingerprint density at radius 3 is 2.57 bits per heavy atom. The van der Waals surface area contributed by atoms with E-state index >= 15 is 0 Å². The first kappa shape index (κ1) is 20.5. The summed E-state index contributed by atoms with van der Waals surface area (Å²) in [5.74, 6) is -1.47. The van der Waals surface area contributed by atoms with Gasteiger partial charge >= 0.3 is 5.97 Å². The quantitative estimate of drug-likeness (QED) is 0.354. The van der Waals surface area contributed by atoms with Crippen LogP contribution in [0.4, 0.5) is 11.4 Å². The van der Waals surface area contributed by atoms with Gasteiger partial charge in [-0.3, -0.25) is 19.7 Å². The number of ether oxygens (including phenoxy) is 2. The molecule has 11 heteroatoms. The van der Waals surface area contributed by atoms with Crippen molar-refractivity contribution in [2.75, 3.05) is 12.4 Å². The van der Waals surface area contributed by atoms with Crippen molar-refractivity contribution in [3.8, 4) is 5.75 Å². The minimum atomic E-state index is -1.27. The fourth-order valence-corrected chi connectivity index (χ4v) is 2.68. The normalized spacial score (nSPS) is 11.5. The monoisotopic (exact) mass is 412 g/mol. The second-order valence-corrected chi connectivity index (χ2v) is 6.13. The maximum Gasteiger partial charge on any atom is 0.360 e. The highest BCUT2D eigenvalue weighted by molar-refractivity contribution is 6.03. The highest BCUT2D eigenvalue weighted by Gasteiger charge is 2.23. The number of anilines is 1. The van der Waals surface area contributed by atoms with E-state index in [2.05, 4.69) is 15.5 Å². The highest BCUT2D eigenvalue weighted by atomic mass is 16.6. The van der Waals surface area contributed by atoms with Crippen LogP contribution in [0.1, 0.15) is 17.4 Å². The van der Waals surface area contributed by atoms with Crippen LogP contribution in [0.2, 0.25) is 0 Å². The SMILES string of the molecule is COc1ccc([N+](=O)[O-])cc1NC(=O)[C@@H](C)OC(=O)c1n[nH]c(=O)c2ccccc12. The Morgan fingerprint density at radius 1 is 1.20 bits per heavy atom. The van der Waals surface area contributed by atoms with Crippen molar-refractivity contribution in [1.29, 1.82) is 0 Å². The van der Waals surface area contributed by atoms with Gasteiger partial charge in [-0.15, -0.1) is 0 Å². The Labute approximate surface area is 168 Å². The number of amides is 1. The van der Waals surface area contributed by atoms with Crippen molar-refractivity contribution in [3.63, 3.8) is 0 Å². The number of rotatable bonds is 6. The molecular formula is C19H16N4O7. The molecule has 0 spiro atoms. The third-order valence-electron chi connectivity index (χ3n) is 4.19. The summed E-state index contributed by atoms with van der Waals surface area (Å²) in [4.78, 5) is 47.1. The maximum absolute atomic E-state index is 12.5. The second kappa shape index (κ2) is 8.39. The number of hydrogen-bond donors (Lipinski definition) is 2. The molecule has 0 radical (unpaired) electrons. The molecule has 0 aliphatic heterocycles. The van der Waals surface area contributed by atoms with E-state index in [4.69, 9.17) is 9.47 Å². The molecule has 2 aromatic carbocycles. The molecule has 3 aromatic rings. The summed E-state index contributed by atoms with van der Waals surface area (Å²) in [6.45, 7) is 1.32. The molecule has 1 heterocycles. The third-order valence-corrected chi connectivity index (χ3v) is 4.19. The van der Waals surface area contributed by atoms with Crippen molar-refractivity contribution in [2.45, 2.75) is 13.0 Å². The molecule has 1 atom stereocenters. The minimum Gasteiger partial charge on any atom is -0.495 e. The van der Waals surface area contributed by atoms with Crippen LogP contribution >= 0.6 is 0 Å². The number of hydrogen-bond acceptors (Lipinski definition) is 8. The fourth-order valence-electron chi connectivity index (χ4n) is 2.68. The Hall–Kier alpha value is -4.28. The number of nitro groups is 1. The molecule has 11 nitrogen and oxygen atoms in total. The number of fused-ring (bicyclic) bond motifs is 1. The van der Waals surface area contributed by atoms with E-state index in [0.717, 1.165) is 6.07 Å². The molecule has 154 valence electrons. The lowest BCUT2D eigenvalue weighted by Gasteiger charge is -2.15. The maximum atomic E-state index is 12.5. The van der Waals surface area contributed by atoms with Crippen LogP contribution in [-0.2, 0) is 9.53 Å². The van der Waals surface area contributed by atoms with E-state index in [1.165, 1.54) is 38.3 Å². The number of nitro benzene ring substituents is 1. The number of non-ortho nitro benzene ring substituents is 1. The standard InChI is InChI=1S/C19H16N4O7/c1-10(17(24)20-14-9-11(23(27)28)7-8-15(14)29-2)30-19(26)16-12-5-3-4-6-13(12)18(25)22-21-16/h3-10H,1-2H3,(H,20,24)(H,22,25)/t10-/m1/s1. The van der Waals surface area contributed by atoms with Crippen molar-refractivity contribution in [1.82, 2.24) is 10.2 Å². The van der Waals surface area contributed by atoms with Gasteiger partial charge in [-0.05, 0) is 19.1 Å². The fraction of sp³-hybridized carbons (Fsp3) is 0.158. The number of nitrogens with one attached hydrogen (secondary N) is 2. The number of aromatic amines is 1. The van der Waals surface area contributed by atoms with E-state index in [1.54, 1.807) is 12.1 Å². The molecule has 0 fully saturated rings. The van der Waals surface area contributed by atoms with Crippen LogP contribution in [0.3, 0.4) is 0 Å². The van der Waals surface area contributed by atoms with E-state index in [0.29, 0.717) is 0 Å². The summed E-state index contributed by atoms with van der Waals surface area (Å²) in [5, 5.41) is 19.9. The van der Waals surface area contributed by atoms with Gasteiger partial charge in [-0.2, -0.15) is 5.10 Å². The molecule has 2 N–H and O–H groups in total. The molecular weight excluding hydrogens is 396 g/mol. The van der Waals surface area contributed by atoms with E-state index in [1.807, 2.05) is 0 Å². The summed E-state index contributed by atoms with van der Waals surface area (Å²) < 4.78 is 10.2. The predicted molar refractivity (Wildman–Crippen MR) is 106 cm³/mol. The molecule has 30 heavy (non-hydrogen) atoms. The van der Waals surface area contributed by atoms with E-state index < -0.39 is 28.5 Å². The van der Waals surface area contributed by atoms with Crippen molar-refractivity contribution < 1.29 is 24.0 Å². The lowest BCUT2D eigenvalue weighted by molar-refractivity contribution is -0.384. The highest BCUT2D eigenvalue weighted by Crippen LogP contribution is 2.29. The first-order valence-electron chi connectivity index (χ1n) is 8.63. The predicted octanol–water partition coefficient (Wildman–Crippen LogP) is 2.02. The summed E-state index contributed by atoms with van der Waals surface area (Å²) in [5.41, 5.74) is -0.824. The zero-order chi connectivity index (χ0) is 21.8. The van der Waals surface area contributed by atoms with E-state index in [-0.39, 0.29) is 33.6 Å². The van der Waals surface area contributed by atoms with Crippen LogP contribution in [0.5, 0.6) is 5.75 Å². The summed E-state index contributed by atoms with van der Waals surface area (Å²) >= 11 is 0. The van der Waals surface area contributed by atoms with Crippen molar-refractivity contribution >= 4 is 34.0 Å². The molecule has 3 rings (SSSR count). The van der Waals surface area contributed by atoms with E-state index in [9.17, 15) is 24.5 Å². The van der Waals surface area contributed by atoms with Crippen molar-refractivity contribution in [3.05, 3.63) is 68.6 Å². The largest absolute Gasteiger partial charge is 0.495 e. The number of methoxy groups -OCH3 is 1. The molecule has 1 aromatic heterocycles. The second-order valence-electron chi connectivity index (χ2n) is 6.13. The van der Waals surface area contributed by atoms with Gasteiger partial charge in [-0.1, -0.05) is 18.2 Å². The van der Waals surface area contributed by atoms with Gasteiger partial charge < -0.3 is 14.8 Å². The third kappa shape index (κ3) is 4.09. The topological polar surface area (TPSA) is 154 Å². The average Bonchev–Trinajstić information content (AvgIpc) is 2.73. The first-order valence-corrected chi connectivity index (χ1v) is 8.63. The number of nitrogens with zero attached hydrogens (tertiary/aromatic N) is 2. The molecule has 0 aliphatic carbocycles. The van der Waals surface area contributed by atoms with Gasteiger partial charge in [0.2, 0.25) is 0 Å². The number of benzene rings is 2. The van der Waals surface area contributed by atoms with Crippen molar-refractivity contribution in [2.24, 2.45) is 0 Å². The van der Waals surface area contributed by atoms with Crippen LogP contribution in [0.25, 0.3) is 10.8 Å². The number of aromatic nitrogens is 2. The minimum absolute atomic E-state index is 0.0483. The lowest BCUT2D eigenvalue weighted by Crippen LogP contribution is -2.30. The molecule has 0 unspecified atom stereocenters. The van der Waals surface area contributed by atoms with Crippen LogP contribution in [0, 0.1) is 10.1 Å². The van der Waals surface area contributed by atoms with Crippen LogP contribution in [-0.4, -0.2) is 40.2 Å². The van der Waals surface area contributed by atoms with Gasteiger partial charge in [0.25, 0.3) is 17.2 Å². The van der Waals surface area contributed by atoms with Gasteiger partial charge in [0.05, 0.1) is 23.1 Å². The molecule has 1 amide bonds. The summed E-state index contributed by atoms with van der Waals surface area (Å²) in [7, 11) is 1.34. The summed E-state index contributed by atoms with van der Waals surface area (Å²) in [6, 6.07) is 10.0. The Kier molecular flexibility index (Phi) is 5.72. The van der Waals surface area contributed by atoms with Crippen LogP contribution < -0.4 is 15.6 Å². The lowest BCUT2D eigenvalue weighted by atomic mass is 10.1. The zero-order valence-electron chi connectivity index (χ0n) is 15.9. The number of esters is 1. The Bertz CT molecular complexity index is 1200. The molecule has 0 saturated heterocycles. The number of carbonyl (C=O) groups is 2. The number of carbonyl (C=O) groups excluding carboxylic acids is 2. The Balaban J connectivity index is 1.79. The van der Waals surface area contributed by atoms with Gasteiger partial charge in [0.1, 0.15) is 5.75 Å². The van der Waals surface area contributed by atoms with Crippen LogP contribution in [0.15, 0.2) is 47.3 Å². The molecule has 0 saturated carbocycles. The Morgan fingerprint density at radius 2 is 1.90 bits per heavy atom. The number of H-pyrrole nitrogens is 1. The van der Waals surface area contributed by atoms with Gasteiger partial charge in [0, 0.05) is 17.5 Å².